The van der Waals surface area contributed by atoms with Crippen LogP contribution in [0.2, 0.25) is 0 Å². The topological polar surface area (TPSA) is 162 Å². The number of rotatable bonds is 10. The Hall–Kier alpha value is -3.43. The van der Waals surface area contributed by atoms with Gasteiger partial charge in [-0.2, -0.15) is 0 Å². The summed E-state index contributed by atoms with van der Waals surface area (Å²) in [6.07, 6.45) is 2.80. The van der Waals surface area contributed by atoms with Gasteiger partial charge < -0.3 is 21.9 Å². The summed E-state index contributed by atoms with van der Waals surface area (Å²) in [7, 11) is 0. The lowest BCUT2D eigenvalue weighted by Crippen LogP contribution is -2.33. The van der Waals surface area contributed by atoms with Crippen molar-refractivity contribution < 1.29 is 14.7 Å². The van der Waals surface area contributed by atoms with E-state index >= 15 is 0 Å². The molecule has 2 aromatic rings. The fourth-order valence-corrected chi connectivity index (χ4v) is 2.50. The number of carbonyl (C=O) groups is 2. The first-order chi connectivity index (χ1) is 12.9. The van der Waals surface area contributed by atoms with E-state index < -0.39 is 12.0 Å². The van der Waals surface area contributed by atoms with Crippen molar-refractivity contribution in [1.29, 1.82) is 0 Å². The van der Waals surface area contributed by atoms with Gasteiger partial charge in [-0.15, -0.1) is 5.10 Å². The summed E-state index contributed by atoms with van der Waals surface area (Å²) in [5.74, 6) is -1.29. The van der Waals surface area contributed by atoms with Crippen molar-refractivity contribution >= 4 is 17.8 Å². The van der Waals surface area contributed by atoms with Gasteiger partial charge in [0, 0.05) is 12.7 Å². The molecule has 0 aliphatic rings. The van der Waals surface area contributed by atoms with Gasteiger partial charge in [0.05, 0.1) is 18.2 Å². The number of aryl methyl sites for hydroxylation is 1. The maximum atomic E-state index is 12.3. The summed E-state index contributed by atoms with van der Waals surface area (Å²) in [6.45, 7) is 0.438. The Balaban J connectivity index is 1.90. The van der Waals surface area contributed by atoms with Gasteiger partial charge >= 0.3 is 5.97 Å². The van der Waals surface area contributed by atoms with E-state index in [4.69, 9.17) is 16.6 Å². The number of hydrogen-bond donors (Lipinski definition) is 4. The van der Waals surface area contributed by atoms with E-state index in [1.54, 1.807) is 30.5 Å². The number of amides is 1. The molecule has 0 unspecified atom stereocenters. The molecule has 1 aromatic carbocycles. The highest BCUT2D eigenvalue weighted by Crippen LogP contribution is 2.16. The fraction of sp³-hybridized carbons (Fsp3) is 0.353. The third-order valence-electron chi connectivity index (χ3n) is 3.69. The normalized spacial score (nSPS) is 11.6. The van der Waals surface area contributed by atoms with Gasteiger partial charge in [0.15, 0.2) is 5.96 Å². The molecule has 0 bridgehead atoms. The number of carboxylic acids is 1. The van der Waals surface area contributed by atoms with E-state index in [9.17, 15) is 9.59 Å². The Labute approximate surface area is 156 Å². The molecular weight excluding hydrogens is 350 g/mol. The Morgan fingerprint density at radius 1 is 1.26 bits per heavy atom. The SMILES string of the molecule is NC(N)=NCCCc1cn(CC(=O)N[C@H](CC(=O)O)c2ccccc2)nn1. The van der Waals surface area contributed by atoms with Crippen LogP contribution in [0, 0.1) is 0 Å². The molecule has 10 nitrogen and oxygen atoms in total. The largest absolute Gasteiger partial charge is 0.481 e. The number of benzene rings is 1. The standard InChI is InChI=1S/C17H23N7O3/c18-17(19)20-8-4-7-13-10-24(23-22-13)11-15(25)21-14(9-16(26)27)12-5-2-1-3-6-12/h1-3,5-6,10,14H,4,7-9,11H2,(H,21,25)(H,26,27)(H4,18,19,20)/t14-/m1/s1. The first-order valence-corrected chi connectivity index (χ1v) is 8.44. The van der Waals surface area contributed by atoms with Gasteiger partial charge in [-0.3, -0.25) is 14.6 Å². The third kappa shape index (κ3) is 7.14. The highest BCUT2D eigenvalue weighted by molar-refractivity contribution is 5.77. The van der Waals surface area contributed by atoms with Gasteiger partial charge in [-0.25, -0.2) is 4.68 Å². The van der Waals surface area contributed by atoms with Crippen molar-refractivity contribution in [3.63, 3.8) is 0 Å². The number of aliphatic carboxylic acids is 1. The summed E-state index contributed by atoms with van der Waals surface area (Å²) < 4.78 is 1.41. The number of nitrogens with two attached hydrogens (primary N) is 2. The quantitative estimate of drug-likeness (QED) is 0.255. The van der Waals surface area contributed by atoms with Crippen molar-refractivity contribution in [3.05, 3.63) is 47.8 Å². The molecule has 0 aliphatic carbocycles. The lowest BCUT2D eigenvalue weighted by molar-refractivity contribution is -0.137. The molecule has 0 fully saturated rings. The van der Waals surface area contributed by atoms with Gasteiger partial charge in [0.25, 0.3) is 0 Å². The average molecular weight is 373 g/mol. The van der Waals surface area contributed by atoms with E-state index in [2.05, 4.69) is 20.6 Å². The second kappa shape index (κ2) is 9.90. The molecule has 144 valence electrons. The summed E-state index contributed by atoms with van der Waals surface area (Å²) in [4.78, 5) is 27.3. The second-order valence-corrected chi connectivity index (χ2v) is 5.95. The predicted molar refractivity (Wildman–Crippen MR) is 98.6 cm³/mol. The molecule has 1 heterocycles. The number of nitrogens with one attached hydrogen (secondary N) is 1. The molecule has 0 saturated carbocycles. The maximum absolute atomic E-state index is 12.3. The van der Waals surface area contributed by atoms with E-state index in [1.165, 1.54) is 4.68 Å². The third-order valence-corrected chi connectivity index (χ3v) is 3.69. The second-order valence-electron chi connectivity index (χ2n) is 5.95. The number of aliphatic imine (C=N–C) groups is 1. The number of guanidine groups is 1. The fourth-order valence-electron chi connectivity index (χ4n) is 2.50. The van der Waals surface area contributed by atoms with Crippen molar-refractivity contribution in [1.82, 2.24) is 20.3 Å². The lowest BCUT2D eigenvalue weighted by atomic mass is 10.0. The smallest absolute Gasteiger partial charge is 0.305 e. The van der Waals surface area contributed by atoms with Gasteiger partial charge in [-0.1, -0.05) is 35.5 Å². The van der Waals surface area contributed by atoms with Crippen molar-refractivity contribution in [2.24, 2.45) is 16.5 Å². The predicted octanol–water partition coefficient (Wildman–Crippen LogP) is -0.184. The molecule has 1 amide bonds. The van der Waals surface area contributed by atoms with Crippen LogP contribution >= 0.6 is 0 Å². The zero-order chi connectivity index (χ0) is 19.6. The minimum atomic E-state index is -0.993. The summed E-state index contributed by atoms with van der Waals surface area (Å²) in [5, 5.41) is 19.7. The highest BCUT2D eigenvalue weighted by Gasteiger charge is 2.18. The minimum Gasteiger partial charge on any atom is -0.481 e. The highest BCUT2D eigenvalue weighted by atomic mass is 16.4. The lowest BCUT2D eigenvalue weighted by Gasteiger charge is -2.17. The first kappa shape index (κ1) is 19.9. The summed E-state index contributed by atoms with van der Waals surface area (Å²) in [5.41, 5.74) is 12.0. The zero-order valence-electron chi connectivity index (χ0n) is 14.8. The van der Waals surface area contributed by atoms with Crippen LogP contribution in [0.1, 0.15) is 30.1 Å². The number of nitrogens with zero attached hydrogens (tertiary/aromatic N) is 4. The van der Waals surface area contributed by atoms with Crippen LogP contribution in [-0.4, -0.2) is 44.5 Å². The van der Waals surface area contributed by atoms with Crippen LogP contribution in [-0.2, 0) is 22.6 Å². The maximum Gasteiger partial charge on any atom is 0.305 e. The molecule has 1 aromatic heterocycles. The average Bonchev–Trinajstić information content (AvgIpc) is 3.05. The van der Waals surface area contributed by atoms with Crippen LogP contribution in [0.3, 0.4) is 0 Å². The van der Waals surface area contributed by atoms with Crippen LogP contribution in [0.15, 0.2) is 41.5 Å². The molecule has 0 aliphatic heterocycles. The van der Waals surface area contributed by atoms with Crippen LogP contribution in [0.4, 0.5) is 0 Å². The first-order valence-electron chi connectivity index (χ1n) is 8.44. The monoisotopic (exact) mass is 373 g/mol. The Bertz CT molecular complexity index is 785. The van der Waals surface area contributed by atoms with Crippen molar-refractivity contribution in [2.45, 2.75) is 31.8 Å². The molecule has 2 rings (SSSR count). The van der Waals surface area contributed by atoms with Gasteiger partial charge in [0.1, 0.15) is 6.54 Å². The molecule has 0 radical (unpaired) electrons. The Morgan fingerprint density at radius 2 is 2.00 bits per heavy atom. The molecule has 1 atom stereocenters. The molecule has 6 N–H and O–H groups in total. The zero-order valence-corrected chi connectivity index (χ0v) is 14.8. The van der Waals surface area contributed by atoms with Crippen LogP contribution < -0.4 is 16.8 Å². The number of hydrogen-bond acceptors (Lipinski definition) is 5. The van der Waals surface area contributed by atoms with Crippen LogP contribution in [0.25, 0.3) is 0 Å². The van der Waals surface area contributed by atoms with Gasteiger partial charge in [0.2, 0.25) is 5.91 Å². The minimum absolute atomic E-state index is 0.0460. The molecular formula is C17H23N7O3. The van der Waals surface area contributed by atoms with Gasteiger partial charge in [-0.05, 0) is 18.4 Å². The van der Waals surface area contributed by atoms with E-state index in [-0.39, 0.29) is 24.8 Å². The molecule has 0 spiro atoms. The van der Waals surface area contributed by atoms with E-state index in [0.717, 1.165) is 11.3 Å². The van der Waals surface area contributed by atoms with E-state index in [0.29, 0.717) is 19.4 Å². The number of carboxylic acid groups (broad SMARTS) is 1. The summed E-state index contributed by atoms with van der Waals surface area (Å²) in [6, 6.07) is 8.35. The molecule has 27 heavy (non-hydrogen) atoms. The van der Waals surface area contributed by atoms with Crippen molar-refractivity contribution in [2.75, 3.05) is 6.54 Å². The van der Waals surface area contributed by atoms with E-state index in [1.807, 2.05) is 6.07 Å². The molecule has 10 heteroatoms. The number of aromatic nitrogens is 3. The Kier molecular flexibility index (Phi) is 7.29. The summed E-state index contributed by atoms with van der Waals surface area (Å²) >= 11 is 0. The van der Waals surface area contributed by atoms with Crippen molar-refractivity contribution in [3.8, 4) is 0 Å². The Morgan fingerprint density at radius 3 is 2.67 bits per heavy atom. The molecule has 0 saturated heterocycles. The number of carbonyl (C=O) groups excluding carboxylic acids is 1. The van der Waals surface area contributed by atoms with Crippen LogP contribution in [0.5, 0.6) is 0 Å².